The number of aromatic nitrogens is 1. The van der Waals surface area contributed by atoms with Gasteiger partial charge >= 0.3 is 0 Å². The molecule has 1 amide bonds. The summed E-state index contributed by atoms with van der Waals surface area (Å²) in [7, 11) is 0. The third-order valence-electron chi connectivity index (χ3n) is 5.28. The lowest BCUT2D eigenvalue weighted by Crippen LogP contribution is -2.54. The van der Waals surface area contributed by atoms with Crippen molar-refractivity contribution in [1.82, 2.24) is 10.3 Å². The summed E-state index contributed by atoms with van der Waals surface area (Å²) in [6, 6.07) is 9.52. The molecule has 28 heavy (non-hydrogen) atoms. The number of fused-ring (bicyclic) bond motifs is 1. The van der Waals surface area contributed by atoms with Crippen LogP contribution in [-0.4, -0.2) is 36.1 Å². The van der Waals surface area contributed by atoms with Crippen LogP contribution in [0.25, 0.3) is 10.9 Å². The molecule has 1 saturated heterocycles. The summed E-state index contributed by atoms with van der Waals surface area (Å²) in [4.78, 5) is 19.2. The second-order valence-corrected chi connectivity index (χ2v) is 8.33. The van der Waals surface area contributed by atoms with Crippen molar-refractivity contribution in [2.45, 2.75) is 45.7 Å². The number of nitrogens with two attached hydrogens (primary N) is 1. The van der Waals surface area contributed by atoms with Gasteiger partial charge in [0.25, 0.3) is 0 Å². The molecule has 1 aliphatic heterocycles. The van der Waals surface area contributed by atoms with Crippen LogP contribution in [0.3, 0.4) is 0 Å². The molecular weight excluding hydrogens is 350 g/mol. The number of rotatable bonds is 5. The minimum Gasteiger partial charge on any atom is -0.369 e. The first-order chi connectivity index (χ1) is 13.4. The fourth-order valence-electron chi connectivity index (χ4n) is 4.10. The van der Waals surface area contributed by atoms with Crippen molar-refractivity contribution in [3.63, 3.8) is 0 Å². The molecule has 0 saturated carbocycles. The lowest BCUT2D eigenvalue weighted by Gasteiger charge is -2.39. The molecule has 6 nitrogen and oxygen atoms in total. The number of anilines is 1. The van der Waals surface area contributed by atoms with Gasteiger partial charge in [-0.05, 0) is 48.9 Å². The molecule has 148 valence electrons. The SMILES string of the molecule is CC(C)C[C@H](N)C(=O)N[C@@H]1C[C@H](C)CN(c2ccc(C#N)c3ncccc23)C1. The van der Waals surface area contributed by atoms with Crippen LogP contribution in [0, 0.1) is 23.2 Å². The number of nitriles is 1. The minimum atomic E-state index is -0.467. The molecule has 2 aromatic rings. The molecule has 0 radical (unpaired) electrons. The van der Waals surface area contributed by atoms with Crippen molar-refractivity contribution in [3.05, 3.63) is 36.0 Å². The van der Waals surface area contributed by atoms with Crippen LogP contribution in [0.4, 0.5) is 5.69 Å². The largest absolute Gasteiger partial charge is 0.369 e. The average Bonchev–Trinajstić information content (AvgIpc) is 2.66. The molecule has 0 aliphatic carbocycles. The highest BCUT2D eigenvalue weighted by Crippen LogP contribution is 2.31. The Kier molecular flexibility index (Phi) is 6.15. The van der Waals surface area contributed by atoms with Gasteiger partial charge in [0, 0.05) is 36.4 Å². The van der Waals surface area contributed by atoms with Gasteiger partial charge < -0.3 is 16.0 Å². The van der Waals surface area contributed by atoms with Gasteiger partial charge in [-0.1, -0.05) is 20.8 Å². The zero-order valence-electron chi connectivity index (χ0n) is 16.9. The van der Waals surface area contributed by atoms with Gasteiger partial charge in [-0.2, -0.15) is 5.26 Å². The molecule has 3 rings (SSSR count). The lowest BCUT2D eigenvalue weighted by atomic mass is 9.94. The number of nitrogens with one attached hydrogen (secondary N) is 1. The monoisotopic (exact) mass is 379 g/mol. The number of nitrogens with zero attached hydrogens (tertiary/aromatic N) is 3. The van der Waals surface area contributed by atoms with Gasteiger partial charge in [0.1, 0.15) is 6.07 Å². The minimum absolute atomic E-state index is 0.0526. The fourth-order valence-corrected chi connectivity index (χ4v) is 4.10. The normalized spacial score (nSPS) is 20.8. The number of amides is 1. The highest BCUT2D eigenvalue weighted by atomic mass is 16.2. The number of carbonyl (C=O) groups is 1. The molecule has 1 aliphatic rings. The Morgan fingerprint density at radius 2 is 2.18 bits per heavy atom. The molecule has 6 heteroatoms. The molecule has 1 aromatic heterocycles. The quantitative estimate of drug-likeness (QED) is 0.833. The summed E-state index contributed by atoms with van der Waals surface area (Å²) in [5.74, 6) is 0.752. The Morgan fingerprint density at radius 1 is 1.39 bits per heavy atom. The average molecular weight is 380 g/mol. The van der Waals surface area contributed by atoms with Crippen LogP contribution in [0.1, 0.15) is 39.2 Å². The molecule has 0 bridgehead atoms. The van der Waals surface area contributed by atoms with Crippen molar-refractivity contribution in [3.8, 4) is 6.07 Å². The van der Waals surface area contributed by atoms with Gasteiger partial charge in [0.15, 0.2) is 0 Å². The van der Waals surface area contributed by atoms with Gasteiger partial charge in [0.2, 0.25) is 5.91 Å². The van der Waals surface area contributed by atoms with E-state index in [1.165, 1.54) is 0 Å². The Hall–Kier alpha value is -2.65. The number of hydrogen-bond acceptors (Lipinski definition) is 5. The smallest absolute Gasteiger partial charge is 0.237 e. The van der Waals surface area contributed by atoms with Crippen molar-refractivity contribution in [1.29, 1.82) is 5.26 Å². The summed E-state index contributed by atoms with van der Waals surface area (Å²) in [5.41, 5.74) is 8.41. The second kappa shape index (κ2) is 8.57. The highest BCUT2D eigenvalue weighted by Gasteiger charge is 2.28. The van der Waals surface area contributed by atoms with Crippen LogP contribution in [0.2, 0.25) is 0 Å². The molecular formula is C22H29N5O. The zero-order valence-corrected chi connectivity index (χ0v) is 16.9. The number of carbonyl (C=O) groups excluding carboxylic acids is 1. The fraction of sp³-hybridized carbons (Fsp3) is 0.500. The van der Waals surface area contributed by atoms with E-state index < -0.39 is 6.04 Å². The van der Waals surface area contributed by atoms with Crippen LogP contribution >= 0.6 is 0 Å². The molecule has 1 fully saturated rings. The standard InChI is InChI=1S/C22H29N5O/c1-14(2)9-19(24)22(28)26-17-10-15(3)12-27(13-17)20-7-6-16(11-23)21-18(20)5-4-8-25-21/h4-8,14-15,17,19H,9-10,12-13,24H2,1-3H3,(H,26,28)/t15-,17+,19-/m0/s1. The third kappa shape index (κ3) is 4.42. The summed E-state index contributed by atoms with van der Waals surface area (Å²) in [6.45, 7) is 7.97. The predicted octanol–water partition coefficient (Wildman–Crippen LogP) is 2.81. The van der Waals surface area contributed by atoms with E-state index in [4.69, 9.17) is 5.73 Å². The Morgan fingerprint density at radius 3 is 2.89 bits per heavy atom. The topological polar surface area (TPSA) is 95.0 Å². The van der Waals surface area contributed by atoms with Gasteiger partial charge in [-0.25, -0.2) is 0 Å². The van der Waals surface area contributed by atoms with E-state index in [-0.39, 0.29) is 11.9 Å². The van der Waals surface area contributed by atoms with E-state index >= 15 is 0 Å². The number of benzene rings is 1. The van der Waals surface area contributed by atoms with E-state index in [1.807, 2.05) is 24.3 Å². The number of piperidine rings is 1. The van der Waals surface area contributed by atoms with E-state index in [2.05, 4.69) is 42.0 Å². The summed E-state index contributed by atoms with van der Waals surface area (Å²) < 4.78 is 0. The van der Waals surface area contributed by atoms with Crippen molar-refractivity contribution >= 4 is 22.5 Å². The Labute approximate surface area is 166 Å². The molecule has 1 aromatic carbocycles. The Bertz CT molecular complexity index is 888. The second-order valence-electron chi connectivity index (χ2n) is 8.33. The molecule has 2 heterocycles. The lowest BCUT2D eigenvalue weighted by molar-refractivity contribution is -0.123. The van der Waals surface area contributed by atoms with Crippen LogP contribution in [-0.2, 0) is 4.79 Å². The van der Waals surface area contributed by atoms with E-state index in [0.717, 1.165) is 36.1 Å². The van der Waals surface area contributed by atoms with Gasteiger partial charge in [-0.15, -0.1) is 0 Å². The third-order valence-corrected chi connectivity index (χ3v) is 5.28. The predicted molar refractivity (Wildman–Crippen MR) is 112 cm³/mol. The Balaban J connectivity index is 1.81. The molecule has 0 spiro atoms. The maximum Gasteiger partial charge on any atom is 0.237 e. The summed E-state index contributed by atoms with van der Waals surface area (Å²) in [5, 5.41) is 13.5. The maximum absolute atomic E-state index is 12.5. The first-order valence-electron chi connectivity index (χ1n) is 9.97. The van der Waals surface area contributed by atoms with E-state index in [9.17, 15) is 10.1 Å². The first kappa shape index (κ1) is 20.1. The number of pyridine rings is 1. The van der Waals surface area contributed by atoms with E-state index in [0.29, 0.717) is 23.8 Å². The number of hydrogen-bond donors (Lipinski definition) is 2. The summed E-state index contributed by atoms with van der Waals surface area (Å²) >= 11 is 0. The van der Waals surface area contributed by atoms with Crippen LogP contribution in [0.15, 0.2) is 30.5 Å². The zero-order chi connectivity index (χ0) is 20.3. The van der Waals surface area contributed by atoms with Gasteiger partial charge in [0.05, 0.1) is 17.1 Å². The van der Waals surface area contributed by atoms with Crippen molar-refractivity contribution in [2.75, 3.05) is 18.0 Å². The molecule has 0 unspecified atom stereocenters. The molecule has 3 atom stereocenters. The van der Waals surface area contributed by atoms with Gasteiger partial charge in [-0.3, -0.25) is 9.78 Å². The maximum atomic E-state index is 12.5. The van der Waals surface area contributed by atoms with Crippen LogP contribution < -0.4 is 16.0 Å². The van der Waals surface area contributed by atoms with E-state index in [1.54, 1.807) is 6.20 Å². The molecule has 3 N–H and O–H groups in total. The first-order valence-corrected chi connectivity index (χ1v) is 9.97. The summed E-state index contributed by atoms with van der Waals surface area (Å²) in [6.07, 6.45) is 3.33. The van der Waals surface area contributed by atoms with Crippen molar-refractivity contribution < 1.29 is 4.79 Å². The van der Waals surface area contributed by atoms with Crippen LogP contribution in [0.5, 0.6) is 0 Å². The van der Waals surface area contributed by atoms with Crippen molar-refractivity contribution in [2.24, 2.45) is 17.6 Å². The highest BCUT2D eigenvalue weighted by molar-refractivity contribution is 5.95.